The first-order chi connectivity index (χ1) is 63.0. The van der Waals surface area contributed by atoms with Gasteiger partial charge in [0.05, 0.1) is 173 Å². The average Bonchev–Trinajstić information content (AvgIpc) is 0.776. The first-order valence-corrected chi connectivity index (χ1v) is 41.1. The number of benzene rings is 4. The van der Waals surface area contributed by atoms with Crippen molar-refractivity contribution in [1.29, 1.82) is 0 Å². The van der Waals surface area contributed by atoms with Crippen molar-refractivity contribution in [2.45, 2.75) is 127 Å². The van der Waals surface area contributed by atoms with E-state index in [2.05, 4.69) is 21.3 Å². The molecule has 4 aromatic heterocycles. The Morgan fingerprint density at radius 3 is 0.564 bits per heavy atom. The largest absolute Gasteiger partial charge is 0.547 e. The Hall–Kier alpha value is -13.5. The zero-order valence-electron chi connectivity index (χ0n) is 74.8. The second-order valence-electron chi connectivity index (χ2n) is 30.1. The number of quaternary nitrogens is 4. The summed E-state index contributed by atoms with van der Waals surface area (Å²) in [7, 11) is 0. The third kappa shape index (κ3) is 31.2. The van der Waals surface area contributed by atoms with Gasteiger partial charge in [-0.2, -0.15) is 0 Å². The van der Waals surface area contributed by atoms with Gasteiger partial charge < -0.3 is 224 Å². The standard InChI is InChI=1S/4C16H18FN3O3.3C6H10O8.6H2O/c4*1-2-19-9-11(16(22)23)15(21)10-7-12(17)14(8-13(10)19)20-5-3-18-4-6-20;3*7-1(3(9)5(11)12)2(8)4(10)6(13)14;;;;;;/h4*7-9,18H,2-6H2,1H3,(H,22,23);3*1-4,7-10H,(H,11,12)(H,13,14);6*1H2/t;;;;3*1-,2+,3+,4-;;;;;;. The maximum atomic E-state index is 14.5. The predicted molar refractivity (Wildman–Crippen MR) is 468 cm³/mol. The van der Waals surface area contributed by atoms with Crippen molar-refractivity contribution >= 4 is 126 Å². The van der Waals surface area contributed by atoms with E-state index in [1.807, 2.05) is 47.3 Å². The molecule has 782 valence electrons. The van der Waals surface area contributed by atoms with E-state index >= 15 is 0 Å². The SMILES string of the molecule is CCn1cc(C(=O)O)c(=O)c2cc(F)c(N3CC[NH2+]CC3)cc21.CCn1cc(C(=O)O)c(=O)c2cc(F)c(N3CC[NH2+]CC3)cc21.CCn1cc(C(=O)O)c(=O)c2cc(F)c(N3CC[NH2+]CC3)cc21.CCn1cc(C(=O)O)c(=O)c2cc(F)c(N3CC[NH2+]CC3)cc21.O.O.O.O.O.O.O=C(O)[C@@H](O)[C@H](O)[C@H](O)[C@@H](O)C(=O)O.O=C([O-])[C@@H](O)[C@H](O)[C@H](O)[C@@H](O)C(=O)[O-].O=C([O-])[C@@H](O)[C@H](O)[C@H](O)[C@@H](O)C(=O)[O-]. The summed E-state index contributed by atoms with van der Waals surface area (Å²) >= 11 is 0. The molecule has 8 aromatic rings. The molecule has 4 aliphatic rings. The fraction of sp³-hybridized carbons (Fsp3) is 0.439. The Morgan fingerprint density at radius 2 is 0.436 bits per heavy atom. The van der Waals surface area contributed by atoms with E-state index < -0.39 is 178 Å². The van der Waals surface area contributed by atoms with E-state index in [1.54, 1.807) is 42.5 Å². The first kappa shape index (κ1) is 126. The van der Waals surface area contributed by atoms with Crippen LogP contribution in [0.1, 0.15) is 69.1 Å². The van der Waals surface area contributed by atoms with Gasteiger partial charge in [-0.25, -0.2) is 46.3 Å². The molecular formula is C82H114F4N12O42. The summed E-state index contributed by atoms with van der Waals surface area (Å²) in [6, 6.07) is 11.3. The number of carbonyl (C=O) groups excluding carboxylic acids is 4. The highest BCUT2D eigenvalue weighted by atomic mass is 19.1. The number of aryl methyl sites for hydroxylation is 4. The van der Waals surface area contributed by atoms with E-state index in [1.165, 1.54) is 49.1 Å². The molecule has 0 radical (unpaired) electrons. The van der Waals surface area contributed by atoms with E-state index in [0.717, 1.165) is 105 Å². The Morgan fingerprint density at radius 1 is 0.286 bits per heavy atom. The number of hydrogen-bond donors (Lipinski definition) is 22. The normalized spacial score (nSPS) is 15.8. The second kappa shape index (κ2) is 57.1. The molecule has 4 aliphatic heterocycles. The maximum absolute atomic E-state index is 14.5. The van der Waals surface area contributed by atoms with Crippen LogP contribution in [0.3, 0.4) is 0 Å². The molecule has 38 N–H and O–H groups in total. The summed E-state index contributed by atoms with van der Waals surface area (Å²) in [5.74, 6) is -19.2. The van der Waals surface area contributed by atoms with E-state index in [-0.39, 0.29) is 76.7 Å². The number of aliphatic hydroxyl groups is 12. The molecule has 0 aliphatic carbocycles. The molecule has 58 heteroatoms. The van der Waals surface area contributed by atoms with E-state index in [9.17, 15) is 105 Å². The summed E-state index contributed by atoms with van der Waals surface area (Å²) in [5, 5.41) is 207. The molecular weight excluding hydrogens is 1900 g/mol. The fourth-order valence-corrected chi connectivity index (χ4v) is 14.2. The van der Waals surface area contributed by atoms with Crippen molar-refractivity contribution in [3.8, 4) is 0 Å². The topological polar surface area (TPSA) is 983 Å². The Bertz CT molecular complexity index is 5130. The van der Waals surface area contributed by atoms with Gasteiger partial charge >= 0.3 is 35.8 Å². The minimum absolute atomic E-state index is 0. The number of carbonyl (C=O) groups is 10. The molecule has 4 saturated heterocycles. The fourth-order valence-electron chi connectivity index (χ4n) is 14.2. The number of aromatic nitrogens is 4. The first-order valence-electron chi connectivity index (χ1n) is 41.1. The molecule has 0 spiro atoms. The van der Waals surface area contributed by atoms with Gasteiger partial charge in [0.1, 0.15) is 107 Å². The summed E-state index contributed by atoms with van der Waals surface area (Å²) in [5.41, 5.74) is 0.213. The van der Waals surface area contributed by atoms with Crippen LogP contribution in [0.2, 0.25) is 0 Å². The smallest absolute Gasteiger partial charge is 0.341 e. The van der Waals surface area contributed by atoms with Crippen LogP contribution in [0.4, 0.5) is 40.3 Å². The number of hydrogen-bond acceptors (Lipinski definition) is 34. The third-order valence-electron chi connectivity index (χ3n) is 21.5. The molecule has 8 heterocycles. The number of nitrogens with two attached hydrogens (primary N) is 4. The summed E-state index contributed by atoms with van der Waals surface area (Å²) in [6.07, 6.45) is -23.5. The lowest BCUT2D eigenvalue weighted by molar-refractivity contribution is -0.655. The Balaban J connectivity index is 0.00000162. The minimum atomic E-state index is -2.50. The van der Waals surface area contributed by atoms with Gasteiger partial charge in [-0.3, -0.25) is 19.2 Å². The van der Waals surface area contributed by atoms with Crippen LogP contribution in [-0.2, 0) is 54.9 Å². The van der Waals surface area contributed by atoms with Gasteiger partial charge in [-0.05, 0) is 76.2 Å². The zero-order chi connectivity index (χ0) is 101. The number of rotatable bonds is 27. The van der Waals surface area contributed by atoms with Crippen LogP contribution < -0.4 is 83.0 Å². The number of piperazine rings is 4. The maximum Gasteiger partial charge on any atom is 0.341 e. The van der Waals surface area contributed by atoms with Crippen molar-refractivity contribution in [2.24, 2.45) is 0 Å². The van der Waals surface area contributed by atoms with Crippen LogP contribution in [-0.4, -0.2) is 381 Å². The number of aliphatic hydroxyl groups excluding tert-OH is 12. The molecule has 4 aromatic carbocycles. The summed E-state index contributed by atoms with van der Waals surface area (Å²) in [4.78, 5) is 162. The molecule has 54 nitrogen and oxygen atoms in total. The molecule has 0 amide bonds. The molecule has 0 saturated carbocycles. The van der Waals surface area contributed by atoms with E-state index in [0.29, 0.717) is 71.0 Å². The van der Waals surface area contributed by atoms with Crippen LogP contribution in [0, 0.1) is 23.3 Å². The van der Waals surface area contributed by atoms with Crippen LogP contribution in [0.15, 0.2) is 92.5 Å². The van der Waals surface area contributed by atoms with Crippen molar-refractivity contribution in [3.63, 3.8) is 0 Å². The molecule has 12 rings (SSSR count). The number of aliphatic carboxylic acids is 6. The lowest BCUT2D eigenvalue weighted by Gasteiger charge is -2.28. The van der Waals surface area contributed by atoms with Crippen molar-refractivity contribution in [1.82, 2.24) is 18.3 Å². The number of pyridine rings is 4. The van der Waals surface area contributed by atoms with Crippen LogP contribution >= 0.6 is 0 Å². The molecule has 0 unspecified atom stereocenters. The van der Waals surface area contributed by atoms with Crippen LogP contribution in [0.5, 0.6) is 0 Å². The van der Waals surface area contributed by atoms with E-state index in [4.69, 9.17) is 91.9 Å². The molecule has 140 heavy (non-hydrogen) atoms. The third-order valence-corrected chi connectivity index (χ3v) is 21.5. The highest BCUT2D eigenvalue weighted by Gasteiger charge is 2.39. The molecule has 0 bridgehead atoms. The number of carboxylic acids is 10. The van der Waals surface area contributed by atoms with Crippen molar-refractivity contribution in [2.75, 3.05) is 124 Å². The monoisotopic (exact) mass is 2010 g/mol. The highest BCUT2D eigenvalue weighted by molar-refractivity contribution is 5.97. The summed E-state index contributed by atoms with van der Waals surface area (Å²) < 4.78 is 64.7. The van der Waals surface area contributed by atoms with Gasteiger partial charge in [0.25, 0.3) is 0 Å². The summed E-state index contributed by atoms with van der Waals surface area (Å²) in [6.45, 7) is 22.5. The number of carboxylic acid groups (broad SMARTS) is 10. The minimum Gasteiger partial charge on any atom is -0.547 e. The average molecular weight is 2020 g/mol. The van der Waals surface area contributed by atoms with Gasteiger partial charge in [-0.15, -0.1) is 0 Å². The quantitative estimate of drug-likeness (QED) is 0.0213. The molecule has 12 atom stereocenters. The van der Waals surface area contributed by atoms with Crippen LogP contribution in [0.25, 0.3) is 43.6 Å². The number of nitrogens with zero attached hydrogens (tertiary/aromatic N) is 8. The number of anilines is 4. The lowest BCUT2D eigenvalue weighted by atomic mass is 10.0. The second-order valence-corrected chi connectivity index (χ2v) is 30.1. The van der Waals surface area contributed by atoms with Crippen molar-refractivity contribution in [3.05, 3.63) is 160 Å². The van der Waals surface area contributed by atoms with Crippen molar-refractivity contribution < 1.29 is 232 Å². The van der Waals surface area contributed by atoms with Gasteiger partial charge in [0.2, 0.25) is 21.7 Å². The lowest BCUT2D eigenvalue weighted by Crippen LogP contribution is -2.89. The molecule has 4 fully saturated rings. The van der Waals surface area contributed by atoms with Gasteiger partial charge in [0.15, 0.2) is 12.2 Å². The number of halogens is 4. The van der Waals surface area contributed by atoms with Gasteiger partial charge in [0, 0.05) is 72.5 Å². The Kier molecular flexibility index (Phi) is 51.6. The number of aromatic carboxylic acids is 4. The predicted octanol–water partition coefficient (Wildman–Crippen LogP) is -19.5. The Labute approximate surface area is 784 Å². The zero-order valence-corrected chi connectivity index (χ0v) is 74.8. The van der Waals surface area contributed by atoms with Gasteiger partial charge in [-0.1, -0.05) is 0 Å². The highest BCUT2D eigenvalue weighted by Crippen LogP contribution is 2.31. The number of fused-ring (bicyclic) bond motifs is 4.